The Morgan fingerprint density at radius 2 is 1.24 bits per heavy atom. The van der Waals surface area contributed by atoms with Crippen molar-refractivity contribution in [1.29, 1.82) is 0 Å². The summed E-state index contributed by atoms with van der Waals surface area (Å²) >= 11 is 0. The lowest BCUT2D eigenvalue weighted by Gasteiger charge is -2.27. The van der Waals surface area contributed by atoms with Crippen LogP contribution < -0.4 is 38.2 Å². The average Bonchev–Trinajstić information content (AvgIpc) is 2.90. The van der Waals surface area contributed by atoms with E-state index in [0.29, 0.717) is 13.1 Å². The molecule has 0 fully saturated rings. The normalized spacial score (nSPS) is 11.3. The van der Waals surface area contributed by atoms with E-state index in [1.807, 2.05) is 20.8 Å². The van der Waals surface area contributed by atoms with Crippen molar-refractivity contribution in [2.24, 2.45) is 0 Å². The smallest absolute Gasteiger partial charge is 0.410 e. The molecule has 0 atom stereocenters. The fraction of sp³-hybridized carbons (Fsp3) is 0.355. The maximum Gasteiger partial charge on any atom is 0.410 e. The van der Waals surface area contributed by atoms with E-state index in [2.05, 4.69) is 96.3 Å². The van der Waals surface area contributed by atoms with Crippen molar-refractivity contribution in [3.63, 3.8) is 0 Å². The molecule has 5 nitrogen and oxygen atoms in total. The van der Waals surface area contributed by atoms with Crippen molar-refractivity contribution in [3.05, 3.63) is 91.0 Å². The van der Waals surface area contributed by atoms with E-state index in [-0.39, 0.29) is 29.3 Å². The summed E-state index contributed by atoms with van der Waals surface area (Å²) in [5.74, 6) is -0.0503. The molecule has 0 saturated heterocycles. The van der Waals surface area contributed by atoms with Gasteiger partial charge in [0.05, 0.1) is 6.16 Å². The van der Waals surface area contributed by atoms with Gasteiger partial charge in [0.15, 0.2) is 0 Å². The molecule has 0 aliphatic heterocycles. The number of carbonyl (C=O) groups is 2. The minimum atomic E-state index is -1.84. The summed E-state index contributed by atoms with van der Waals surface area (Å²) in [5, 5.41) is 7.15. The molecule has 0 heterocycles. The zero-order valence-corrected chi connectivity index (χ0v) is 25.4. The quantitative estimate of drug-likeness (QED) is 0.272. The minimum absolute atomic E-state index is 0. The highest BCUT2D eigenvalue weighted by atomic mass is 79.9. The van der Waals surface area contributed by atoms with Crippen LogP contribution in [-0.4, -0.2) is 48.8 Å². The highest BCUT2D eigenvalue weighted by Gasteiger charge is 2.44. The molecule has 0 unspecified atom stereocenters. The summed E-state index contributed by atoms with van der Waals surface area (Å²) in [5.41, 5.74) is -0.551. The lowest BCUT2D eigenvalue weighted by Crippen LogP contribution is -3.00. The van der Waals surface area contributed by atoms with Crippen LogP contribution in [0.3, 0.4) is 0 Å². The fourth-order valence-corrected chi connectivity index (χ4v) is 8.78. The van der Waals surface area contributed by atoms with Crippen molar-refractivity contribution < 1.29 is 31.3 Å². The highest BCUT2D eigenvalue weighted by molar-refractivity contribution is 7.95. The molecule has 0 aliphatic carbocycles. The second kappa shape index (κ2) is 15.0. The van der Waals surface area contributed by atoms with E-state index in [9.17, 15) is 9.59 Å². The highest BCUT2D eigenvalue weighted by Crippen LogP contribution is 2.55. The second-order valence-corrected chi connectivity index (χ2v) is 13.9. The van der Waals surface area contributed by atoms with E-state index in [4.69, 9.17) is 4.74 Å². The number of hydrogen-bond donors (Lipinski definition) is 1. The topological polar surface area (TPSA) is 58.6 Å². The van der Waals surface area contributed by atoms with Gasteiger partial charge in [-0.15, -0.1) is 0 Å². The number of benzene rings is 3. The summed E-state index contributed by atoms with van der Waals surface area (Å²) in [7, 11) is -0.188. The van der Waals surface area contributed by atoms with E-state index in [1.54, 1.807) is 7.05 Å². The molecule has 1 N–H and O–H groups in total. The predicted octanol–water partition coefficient (Wildman–Crippen LogP) is 2.14. The molecule has 0 aromatic heterocycles. The summed E-state index contributed by atoms with van der Waals surface area (Å²) in [4.78, 5) is 25.9. The first kappa shape index (κ1) is 31.5. The lowest BCUT2D eigenvalue weighted by atomic mass is 10.2. The van der Waals surface area contributed by atoms with Crippen LogP contribution in [-0.2, 0) is 9.53 Å². The van der Waals surface area contributed by atoms with Gasteiger partial charge in [0.1, 0.15) is 28.8 Å². The first-order valence-corrected chi connectivity index (χ1v) is 15.0. The van der Waals surface area contributed by atoms with Crippen molar-refractivity contribution in [1.82, 2.24) is 10.2 Å². The van der Waals surface area contributed by atoms with Crippen LogP contribution >= 0.6 is 7.26 Å². The van der Waals surface area contributed by atoms with Gasteiger partial charge in [-0.2, -0.15) is 0 Å². The zero-order valence-electron chi connectivity index (χ0n) is 22.9. The summed E-state index contributed by atoms with van der Waals surface area (Å²) in [6.45, 7) is 6.43. The zero-order chi connectivity index (χ0) is 26.7. The summed E-state index contributed by atoms with van der Waals surface area (Å²) < 4.78 is 5.34. The molecule has 0 saturated carbocycles. The minimum Gasteiger partial charge on any atom is -1.00 e. The third kappa shape index (κ3) is 8.96. The van der Waals surface area contributed by atoms with Gasteiger partial charge in [0.2, 0.25) is 5.91 Å². The number of amides is 2. The van der Waals surface area contributed by atoms with Crippen LogP contribution in [0.1, 0.15) is 40.0 Å². The third-order valence-electron chi connectivity index (χ3n) is 6.21. The Kier molecular flexibility index (Phi) is 12.5. The molecular weight excluding hydrogens is 559 g/mol. The fourth-order valence-electron chi connectivity index (χ4n) is 4.37. The molecule has 3 rings (SSSR count). The van der Waals surface area contributed by atoms with Gasteiger partial charge in [-0.1, -0.05) is 54.6 Å². The third-order valence-corrected chi connectivity index (χ3v) is 10.7. The van der Waals surface area contributed by atoms with Crippen LogP contribution in [0, 0.1) is 0 Å². The molecule has 0 radical (unpaired) electrons. The first-order chi connectivity index (χ1) is 17.7. The molecule has 0 aliphatic rings. The Hall–Kier alpha value is -2.69. The molecule has 7 heteroatoms. The Bertz CT molecular complexity index is 1030. The molecule has 204 valence electrons. The Labute approximate surface area is 239 Å². The van der Waals surface area contributed by atoms with Crippen molar-refractivity contribution in [3.8, 4) is 0 Å². The van der Waals surface area contributed by atoms with Crippen molar-refractivity contribution >= 4 is 35.2 Å². The molecule has 3 aromatic carbocycles. The molecule has 3 aromatic rings. The summed E-state index contributed by atoms with van der Waals surface area (Å²) in [6, 6.07) is 32.6. The number of rotatable bonds is 11. The number of nitrogens with zero attached hydrogens (tertiary/aromatic N) is 1. The lowest BCUT2D eigenvalue weighted by molar-refractivity contribution is -0.121. The molecule has 2 amide bonds. The maximum atomic E-state index is 12.4. The van der Waals surface area contributed by atoms with Crippen molar-refractivity contribution in [2.45, 2.75) is 45.6 Å². The molecule has 0 spiro atoms. The molecule has 38 heavy (non-hydrogen) atoms. The predicted molar refractivity (Wildman–Crippen MR) is 156 cm³/mol. The van der Waals surface area contributed by atoms with Gasteiger partial charge >= 0.3 is 6.09 Å². The SMILES string of the molecule is CN(CCC(=O)NCCCC[P+](c1ccccc1)(c1ccccc1)c1ccccc1)C(=O)OC(C)(C)C.[Br-]. The largest absolute Gasteiger partial charge is 1.00 e. The number of ether oxygens (including phenoxy) is 1. The standard InChI is InChI=1S/C31H39N2O3P.BrH/c1-31(2,3)36-30(35)33(4)24-22-29(34)32-23-14-15-25-37(26-16-8-5-9-17-26,27-18-10-6-11-19-27)28-20-12-7-13-21-28;/h5-13,16-21H,14-15,22-25H2,1-4H3;1H. The monoisotopic (exact) mass is 598 g/mol. The number of carbonyl (C=O) groups excluding carboxylic acids is 2. The Morgan fingerprint density at radius 1 is 0.789 bits per heavy atom. The van der Waals surface area contributed by atoms with Gasteiger partial charge < -0.3 is 31.9 Å². The molecular formula is C31H40BrN2O3P. The number of unbranched alkanes of at least 4 members (excludes halogenated alkanes) is 1. The van der Waals surface area contributed by atoms with E-state index in [0.717, 1.165) is 19.0 Å². The van der Waals surface area contributed by atoms with Crippen LogP contribution in [0.15, 0.2) is 91.0 Å². The Balaban J connectivity index is 0.00000507. The van der Waals surface area contributed by atoms with Gasteiger partial charge in [0.25, 0.3) is 0 Å². The van der Waals surface area contributed by atoms with Crippen molar-refractivity contribution in [2.75, 3.05) is 26.3 Å². The van der Waals surface area contributed by atoms with E-state index < -0.39 is 19.0 Å². The van der Waals surface area contributed by atoms with Gasteiger partial charge in [-0.05, 0) is 70.0 Å². The first-order valence-electron chi connectivity index (χ1n) is 13.0. The van der Waals surface area contributed by atoms with E-state index in [1.165, 1.54) is 20.8 Å². The van der Waals surface area contributed by atoms with Gasteiger partial charge in [-0.3, -0.25) is 4.79 Å². The van der Waals surface area contributed by atoms with Crippen LogP contribution in [0.2, 0.25) is 0 Å². The van der Waals surface area contributed by atoms with Gasteiger partial charge in [0, 0.05) is 26.6 Å². The van der Waals surface area contributed by atoms with Crippen LogP contribution in [0.25, 0.3) is 0 Å². The van der Waals surface area contributed by atoms with Gasteiger partial charge in [-0.25, -0.2) is 4.79 Å². The van der Waals surface area contributed by atoms with Crippen LogP contribution in [0.5, 0.6) is 0 Å². The maximum absolute atomic E-state index is 12.4. The summed E-state index contributed by atoms with van der Waals surface area (Å²) in [6.07, 6.45) is 2.75. The average molecular weight is 600 g/mol. The second-order valence-electron chi connectivity index (χ2n) is 10.2. The molecule has 0 bridgehead atoms. The Morgan fingerprint density at radius 3 is 1.66 bits per heavy atom. The number of hydrogen-bond acceptors (Lipinski definition) is 3. The number of halogens is 1. The van der Waals surface area contributed by atoms with Crippen LogP contribution in [0.4, 0.5) is 4.79 Å². The van der Waals surface area contributed by atoms with E-state index >= 15 is 0 Å². The number of nitrogens with one attached hydrogen (secondary N) is 1.